The summed E-state index contributed by atoms with van der Waals surface area (Å²) < 4.78 is 84.5. The Morgan fingerprint density at radius 1 is 0.894 bits per heavy atom. The molecule has 1 fully saturated rings. The Bertz CT molecular complexity index is 1840. The number of methoxy groups -OCH3 is 1. The van der Waals surface area contributed by atoms with Gasteiger partial charge in [0, 0.05) is 31.7 Å². The van der Waals surface area contributed by atoms with Crippen LogP contribution in [0.3, 0.4) is 0 Å². The van der Waals surface area contributed by atoms with Gasteiger partial charge in [-0.05, 0) is 48.2 Å². The van der Waals surface area contributed by atoms with E-state index >= 15 is 0 Å². The summed E-state index contributed by atoms with van der Waals surface area (Å²) in [5, 5.41) is 7.13. The molecule has 1 amide bonds. The fraction of sp³-hybridized carbons (Fsp3) is 0.273. The zero-order valence-corrected chi connectivity index (χ0v) is 24.8. The van der Waals surface area contributed by atoms with Crippen LogP contribution in [0.2, 0.25) is 0 Å². The number of nitrogens with zero attached hydrogens (tertiary/aromatic N) is 4. The topological polar surface area (TPSA) is 94.0 Å². The molecule has 2 aliphatic heterocycles. The maximum absolute atomic E-state index is 14.7. The third-order valence-electron chi connectivity index (χ3n) is 8.36. The first-order valence-corrected chi connectivity index (χ1v) is 14.6. The molecular weight excluding hydrogens is 627 g/mol. The molecule has 3 heterocycles. The van der Waals surface area contributed by atoms with Crippen molar-refractivity contribution in [3.8, 4) is 5.75 Å². The number of amides is 1. The van der Waals surface area contributed by atoms with E-state index in [1.54, 1.807) is 17.1 Å². The summed E-state index contributed by atoms with van der Waals surface area (Å²) >= 11 is 0. The predicted molar refractivity (Wildman–Crippen MR) is 156 cm³/mol. The number of hydrogen-bond acceptors (Lipinski definition) is 7. The molecule has 1 saturated heterocycles. The minimum Gasteiger partial charge on any atom is -0.417 e. The van der Waals surface area contributed by atoms with Gasteiger partial charge in [-0.3, -0.25) is 14.6 Å². The van der Waals surface area contributed by atoms with Gasteiger partial charge >= 0.3 is 12.1 Å². The van der Waals surface area contributed by atoms with Gasteiger partial charge in [-0.25, -0.2) is 18.3 Å². The Labute approximate surface area is 264 Å². The Hall–Kier alpha value is -4.95. The van der Waals surface area contributed by atoms with Crippen molar-refractivity contribution in [2.24, 2.45) is 0 Å². The number of rotatable bonds is 7. The van der Waals surface area contributed by atoms with Crippen molar-refractivity contribution in [2.75, 3.05) is 20.2 Å². The fourth-order valence-corrected chi connectivity index (χ4v) is 6.27. The number of aromatic nitrogens is 2. The summed E-state index contributed by atoms with van der Waals surface area (Å²) in [6, 6.07) is 17.0. The number of fused-ring (bicyclic) bond motifs is 2. The van der Waals surface area contributed by atoms with Crippen molar-refractivity contribution >= 4 is 11.9 Å². The SMILES string of the molecule is COC(C(=O)Oc1c2n(ncc1=O)C(C(c1cccc(F)c1)c1cccc(F)c1)N1CCCCN1C2=O)(c1ccccc1)C(F)(F)F. The Kier molecular flexibility index (Phi) is 8.40. The predicted octanol–water partition coefficient (Wildman–Crippen LogP) is 5.33. The van der Waals surface area contributed by atoms with Crippen LogP contribution in [-0.2, 0) is 15.1 Å². The Morgan fingerprint density at radius 2 is 1.51 bits per heavy atom. The highest BCUT2D eigenvalue weighted by Crippen LogP contribution is 2.45. The maximum Gasteiger partial charge on any atom is 0.432 e. The van der Waals surface area contributed by atoms with Crippen LogP contribution in [0.1, 0.15) is 52.1 Å². The molecule has 14 heteroatoms. The van der Waals surface area contributed by atoms with Gasteiger partial charge in [0.15, 0.2) is 5.69 Å². The minimum atomic E-state index is -5.36. The third-order valence-corrected chi connectivity index (χ3v) is 8.36. The van der Waals surface area contributed by atoms with Crippen LogP contribution in [0, 0.1) is 11.6 Å². The van der Waals surface area contributed by atoms with Crippen LogP contribution < -0.4 is 10.2 Å². The lowest BCUT2D eigenvalue weighted by molar-refractivity contribution is -0.272. The van der Waals surface area contributed by atoms with Crippen molar-refractivity contribution in [3.63, 3.8) is 0 Å². The van der Waals surface area contributed by atoms with Crippen LogP contribution >= 0.6 is 0 Å². The van der Waals surface area contributed by atoms with Gasteiger partial charge in [0.2, 0.25) is 11.2 Å². The molecular formula is C33H27F5N4O5. The van der Waals surface area contributed by atoms with Crippen LogP contribution in [-0.4, -0.2) is 58.1 Å². The number of hydrazine groups is 1. The van der Waals surface area contributed by atoms with Gasteiger partial charge in [0.1, 0.15) is 17.8 Å². The molecule has 9 nitrogen and oxygen atoms in total. The fourth-order valence-electron chi connectivity index (χ4n) is 6.27. The summed E-state index contributed by atoms with van der Waals surface area (Å²) in [4.78, 5) is 41.0. The third kappa shape index (κ3) is 5.46. The normalized spacial score (nSPS) is 18.0. The van der Waals surface area contributed by atoms with Gasteiger partial charge in [0.25, 0.3) is 11.5 Å². The number of ether oxygens (including phenoxy) is 2. The van der Waals surface area contributed by atoms with Gasteiger partial charge < -0.3 is 9.47 Å². The highest BCUT2D eigenvalue weighted by molar-refractivity contribution is 5.97. The van der Waals surface area contributed by atoms with Crippen LogP contribution in [0.5, 0.6) is 5.75 Å². The molecule has 244 valence electrons. The van der Waals surface area contributed by atoms with Crippen molar-refractivity contribution in [2.45, 2.75) is 36.7 Å². The first kappa shape index (κ1) is 32.0. The lowest BCUT2D eigenvalue weighted by atomic mass is 9.87. The molecule has 0 N–H and O–H groups in total. The highest BCUT2D eigenvalue weighted by Gasteiger charge is 2.64. The standard InChI is InChI=1S/C33H27F5N4O5/c1-46-32(33(36,37)38,22-11-3-2-4-12-22)31(45)47-28-25(43)19-39-42-27(28)30(44)41-16-6-5-15-40(41)29(42)26(20-9-7-13-23(34)17-20)21-10-8-14-24(35)18-21/h2-4,7-14,17-19,26,29H,5-6,15-16H2,1H3. The van der Waals surface area contributed by atoms with Crippen LogP contribution in [0.15, 0.2) is 89.9 Å². The van der Waals surface area contributed by atoms with E-state index in [1.165, 1.54) is 59.6 Å². The van der Waals surface area contributed by atoms with Crippen LogP contribution in [0.25, 0.3) is 0 Å². The monoisotopic (exact) mass is 654 g/mol. The molecule has 2 atom stereocenters. The molecule has 0 saturated carbocycles. The summed E-state index contributed by atoms with van der Waals surface area (Å²) in [6.07, 6.45) is -4.58. The Balaban J connectivity index is 1.57. The van der Waals surface area contributed by atoms with E-state index in [1.807, 2.05) is 0 Å². The largest absolute Gasteiger partial charge is 0.432 e. The Morgan fingerprint density at radius 3 is 2.09 bits per heavy atom. The second-order valence-electron chi connectivity index (χ2n) is 11.1. The number of hydrogen-bond donors (Lipinski definition) is 0. The molecule has 4 aromatic rings. The summed E-state index contributed by atoms with van der Waals surface area (Å²) in [7, 11) is 0.673. The molecule has 0 bridgehead atoms. The van der Waals surface area contributed by atoms with Gasteiger partial charge in [-0.15, -0.1) is 0 Å². The van der Waals surface area contributed by atoms with Crippen molar-refractivity contribution in [1.29, 1.82) is 0 Å². The smallest absolute Gasteiger partial charge is 0.417 e. The molecule has 2 aliphatic rings. The number of halogens is 5. The molecule has 0 radical (unpaired) electrons. The first-order valence-electron chi connectivity index (χ1n) is 14.6. The second-order valence-corrected chi connectivity index (χ2v) is 11.1. The first-order chi connectivity index (χ1) is 22.5. The van der Waals surface area contributed by atoms with E-state index in [4.69, 9.17) is 9.47 Å². The number of benzene rings is 3. The molecule has 2 unspecified atom stereocenters. The lowest BCUT2D eigenvalue weighted by Gasteiger charge is -2.49. The summed E-state index contributed by atoms with van der Waals surface area (Å²) in [6.45, 7) is 0.425. The van der Waals surface area contributed by atoms with E-state index in [0.717, 1.165) is 16.8 Å². The second kappa shape index (κ2) is 12.3. The van der Waals surface area contributed by atoms with E-state index in [-0.39, 0.29) is 13.1 Å². The molecule has 0 spiro atoms. The summed E-state index contributed by atoms with van der Waals surface area (Å²) in [5.74, 6) is -6.01. The maximum atomic E-state index is 14.7. The molecule has 3 aromatic carbocycles. The summed E-state index contributed by atoms with van der Waals surface area (Å²) in [5.41, 5.74) is -5.33. The van der Waals surface area contributed by atoms with E-state index < -0.39 is 69.8 Å². The average Bonchev–Trinajstić information content (AvgIpc) is 3.04. The molecule has 6 rings (SSSR count). The van der Waals surface area contributed by atoms with Gasteiger partial charge in [-0.2, -0.15) is 23.3 Å². The number of esters is 1. The van der Waals surface area contributed by atoms with Crippen molar-refractivity contribution < 1.29 is 41.0 Å². The highest BCUT2D eigenvalue weighted by atomic mass is 19.4. The van der Waals surface area contributed by atoms with E-state index in [9.17, 15) is 36.3 Å². The van der Waals surface area contributed by atoms with Gasteiger partial charge in [0.05, 0.1) is 6.20 Å². The van der Waals surface area contributed by atoms with Crippen molar-refractivity contribution in [1.82, 2.24) is 19.8 Å². The van der Waals surface area contributed by atoms with Gasteiger partial charge in [-0.1, -0.05) is 54.6 Å². The van der Waals surface area contributed by atoms with Crippen LogP contribution in [0.4, 0.5) is 22.0 Å². The quantitative estimate of drug-likeness (QED) is 0.197. The number of carbonyl (C=O) groups excluding carboxylic acids is 2. The minimum absolute atomic E-state index is 0.138. The zero-order valence-electron chi connectivity index (χ0n) is 24.8. The zero-order chi connectivity index (χ0) is 33.5. The molecule has 1 aromatic heterocycles. The lowest BCUT2D eigenvalue weighted by Crippen LogP contribution is -2.60. The molecule has 0 aliphatic carbocycles. The number of carbonyl (C=O) groups is 2. The number of alkyl halides is 3. The average molecular weight is 655 g/mol. The van der Waals surface area contributed by atoms with E-state index in [0.29, 0.717) is 37.3 Å². The van der Waals surface area contributed by atoms with Crippen molar-refractivity contribution in [3.05, 3.63) is 129 Å². The van der Waals surface area contributed by atoms with E-state index in [2.05, 4.69) is 5.10 Å². The molecule has 47 heavy (non-hydrogen) atoms.